The number of ether oxygens (including phenoxy) is 2. The van der Waals surface area contributed by atoms with Gasteiger partial charge in [-0.15, -0.1) is 0 Å². The molecular weight excluding hydrogens is 873 g/mol. The maximum absolute atomic E-state index is 12.3. The van der Waals surface area contributed by atoms with Crippen LogP contribution >= 0.6 is 0 Å². The van der Waals surface area contributed by atoms with Gasteiger partial charge in [0.1, 0.15) is 6.61 Å². The van der Waals surface area contributed by atoms with Crippen molar-refractivity contribution < 1.29 is 24.2 Å². The summed E-state index contributed by atoms with van der Waals surface area (Å²) in [4.78, 5) is 24.6. The Balaban J connectivity index is 3.41. The number of allylic oxidation sites excluding steroid dienone is 8. The molecule has 0 radical (unpaired) electrons. The van der Waals surface area contributed by atoms with Gasteiger partial charge in [0.05, 0.1) is 6.61 Å². The maximum atomic E-state index is 12.3. The Morgan fingerprint density at radius 3 is 0.915 bits per heavy atom. The van der Waals surface area contributed by atoms with Crippen LogP contribution in [0.1, 0.15) is 341 Å². The second-order valence-electron chi connectivity index (χ2n) is 21.5. The Bertz CT molecular complexity index is 1170. The molecule has 0 aromatic rings. The lowest BCUT2D eigenvalue weighted by molar-refractivity contribution is -0.161. The second-order valence-corrected chi connectivity index (χ2v) is 21.5. The summed E-state index contributed by atoms with van der Waals surface area (Å²) in [6.07, 6.45) is 82.6. The molecule has 0 aromatic carbocycles. The van der Waals surface area contributed by atoms with Gasteiger partial charge in [-0.3, -0.25) is 9.59 Å². The van der Waals surface area contributed by atoms with E-state index in [9.17, 15) is 14.7 Å². The molecule has 71 heavy (non-hydrogen) atoms. The van der Waals surface area contributed by atoms with Crippen molar-refractivity contribution in [1.82, 2.24) is 0 Å². The summed E-state index contributed by atoms with van der Waals surface area (Å²) >= 11 is 0. The summed E-state index contributed by atoms with van der Waals surface area (Å²) in [6.45, 7) is 4.08. The van der Waals surface area contributed by atoms with Crippen LogP contribution in [0.4, 0.5) is 0 Å². The van der Waals surface area contributed by atoms with Gasteiger partial charge in [-0.1, -0.05) is 326 Å². The predicted octanol–water partition coefficient (Wildman–Crippen LogP) is 21.6. The second kappa shape index (κ2) is 62.2. The van der Waals surface area contributed by atoms with E-state index in [0.717, 1.165) is 57.8 Å². The van der Waals surface area contributed by atoms with Gasteiger partial charge in [0.15, 0.2) is 6.10 Å². The fourth-order valence-corrected chi connectivity index (χ4v) is 9.67. The van der Waals surface area contributed by atoms with Gasteiger partial charge in [0.2, 0.25) is 0 Å². The number of esters is 2. The van der Waals surface area contributed by atoms with E-state index in [4.69, 9.17) is 9.47 Å². The van der Waals surface area contributed by atoms with E-state index in [1.54, 1.807) is 0 Å². The molecular formula is C66H122O5. The van der Waals surface area contributed by atoms with Crippen LogP contribution in [0.5, 0.6) is 0 Å². The van der Waals surface area contributed by atoms with Crippen LogP contribution in [0.25, 0.3) is 0 Å². The summed E-state index contributed by atoms with van der Waals surface area (Å²) in [5.41, 5.74) is 0. The summed E-state index contributed by atoms with van der Waals surface area (Å²) in [5, 5.41) is 9.68. The first kappa shape index (κ1) is 68.9. The molecule has 0 aliphatic rings. The Morgan fingerprint density at radius 2 is 0.606 bits per heavy atom. The molecule has 0 heterocycles. The van der Waals surface area contributed by atoms with Crippen molar-refractivity contribution >= 4 is 11.9 Å². The van der Waals surface area contributed by atoms with Crippen molar-refractivity contribution in [3.8, 4) is 0 Å². The third-order valence-electron chi connectivity index (χ3n) is 14.4. The highest BCUT2D eigenvalue weighted by Crippen LogP contribution is 2.18. The Hall–Kier alpha value is -2.14. The Kier molecular flexibility index (Phi) is 60.3. The largest absolute Gasteiger partial charge is 0.462 e. The quantitative estimate of drug-likeness (QED) is 0.0373. The lowest BCUT2D eigenvalue weighted by atomic mass is 10.0. The number of hydrogen-bond donors (Lipinski definition) is 1. The number of hydrogen-bond acceptors (Lipinski definition) is 5. The van der Waals surface area contributed by atoms with Crippen molar-refractivity contribution in [2.24, 2.45) is 0 Å². The van der Waals surface area contributed by atoms with Gasteiger partial charge < -0.3 is 14.6 Å². The number of unbranched alkanes of at least 4 members (excludes halogenated alkanes) is 43. The van der Waals surface area contributed by atoms with Crippen molar-refractivity contribution in [1.29, 1.82) is 0 Å². The highest BCUT2D eigenvalue weighted by atomic mass is 16.6. The minimum Gasteiger partial charge on any atom is -0.462 e. The van der Waals surface area contributed by atoms with Crippen LogP contribution in [0, 0.1) is 0 Å². The van der Waals surface area contributed by atoms with Gasteiger partial charge >= 0.3 is 11.9 Å². The molecule has 1 N–H and O–H groups in total. The molecule has 416 valence electrons. The molecule has 0 aromatic heterocycles. The van der Waals surface area contributed by atoms with Crippen molar-refractivity contribution in [2.45, 2.75) is 347 Å². The minimum absolute atomic E-state index is 0.0600. The fraction of sp³-hybridized carbons (Fsp3) is 0.848. The van der Waals surface area contributed by atoms with E-state index >= 15 is 0 Å². The normalized spacial score (nSPS) is 12.4. The number of carbonyl (C=O) groups excluding carboxylic acids is 2. The molecule has 1 atom stereocenters. The highest BCUT2D eigenvalue weighted by Gasteiger charge is 2.16. The van der Waals surface area contributed by atoms with Gasteiger partial charge in [0, 0.05) is 12.8 Å². The zero-order valence-corrected chi connectivity index (χ0v) is 47.8. The van der Waals surface area contributed by atoms with E-state index in [1.165, 1.54) is 257 Å². The van der Waals surface area contributed by atoms with E-state index in [2.05, 4.69) is 62.5 Å². The van der Waals surface area contributed by atoms with Crippen LogP contribution in [0.3, 0.4) is 0 Å². The zero-order valence-electron chi connectivity index (χ0n) is 47.8. The topological polar surface area (TPSA) is 72.8 Å². The van der Waals surface area contributed by atoms with Gasteiger partial charge in [-0.05, 0) is 51.4 Å². The summed E-state index contributed by atoms with van der Waals surface area (Å²) < 4.78 is 10.7. The molecule has 0 fully saturated rings. The molecule has 5 nitrogen and oxygen atoms in total. The minimum atomic E-state index is -0.770. The van der Waals surface area contributed by atoms with Gasteiger partial charge in [-0.2, -0.15) is 0 Å². The highest BCUT2D eigenvalue weighted by molar-refractivity contribution is 5.70. The third-order valence-corrected chi connectivity index (χ3v) is 14.4. The Morgan fingerprint density at radius 1 is 0.338 bits per heavy atom. The van der Waals surface area contributed by atoms with Crippen molar-refractivity contribution in [3.63, 3.8) is 0 Å². The Labute approximate surface area is 443 Å². The smallest absolute Gasteiger partial charge is 0.306 e. The summed E-state index contributed by atoms with van der Waals surface area (Å²) in [7, 11) is 0. The molecule has 0 aliphatic carbocycles. The third kappa shape index (κ3) is 60.3. The first-order valence-corrected chi connectivity index (χ1v) is 31.7. The van der Waals surface area contributed by atoms with Crippen LogP contribution in [-0.4, -0.2) is 36.4 Å². The lowest BCUT2D eigenvalue weighted by Gasteiger charge is -2.15. The van der Waals surface area contributed by atoms with Crippen LogP contribution < -0.4 is 0 Å². The predicted molar refractivity (Wildman–Crippen MR) is 311 cm³/mol. The fourth-order valence-electron chi connectivity index (χ4n) is 9.67. The number of carbonyl (C=O) groups is 2. The molecule has 0 rings (SSSR count). The average Bonchev–Trinajstić information content (AvgIpc) is 3.37. The molecule has 0 aliphatic heterocycles. The van der Waals surface area contributed by atoms with E-state index < -0.39 is 6.10 Å². The van der Waals surface area contributed by atoms with Crippen molar-refractivity contribution in [3.05, 3.63) is 48.6 Å². The maximum Gasteiger partial charge on any atom is 0.306 e. The summed E-state index contributed by atoms with van der Waals surface area (Å²) in [6, 6.07) is 0. The van der Waals surface area contributed by atoms with Crippen LogP contribution in [0.2, 0.25) is 0 Å². The molecule has 0 spiro atoms. The molecule has 5 heteroatoms. The zero-order chi connectivity index (χ0) is 51.3. The lowest BCUT2D eigenvalue weighted by Crippen LogP contribution is -2.28. The van der Waals surface area contributed by atoms with Gasteiger partial charge in [0.25, 0.3) is 0 Å². The standard InChI is InChI=1S/C66H122O5/c1-3-5-7-9-11-13-15-17-19-21-23-25-27-29-31-32-33-34-35-37-39-41-43-45-47-49-51-53-55-57-59-61-66(69)71-64(62-67)63-70-65(68)60-58-56-54-52-50-48-46-44-42-40-38-36-30-28-26-24-22-20-18-16-14-12-10-8-6-4-2/h5,7,11,13,17,19,23,25,64,67H,3-4,6,8-10,12,14-16,18,20-22,24,26-63H2,1-2H3/b7-5-,13-11-,19-17-,25-23-. The van der Waals surface area contributed by atoms with Crippen molar-refractivity contribution in [2.75, 3.05) is 13.2 Å². The van der Waals surface area contributed by atoms with E-state index in [0.29, 0.717) is 12.8 Å². The first-order valence-electron chi connectivity index (χ1n) is 31.7. The van der Waals surface area contributed by atoms with E-state index in [-0.39, 0.29) is 25.2 Å². The number of rotatable bonds is 59. The number of aliphatic hydroxyl groups excluding tert-OH is 1. The van der Waals surface area contributed by atoms with Crippen LogP contribution in [0.15, 0.2) is 48.6 Å². The van der Waals surface area contributed by atoms with Crippen LogP contribution in [-0.2, 0) is 19.1 Å². The molecule has 0 bridgehead atoms. The van der Waals surface area contributed by atoms with E-state index in [1.807, 2.05) is 0 Å². The summed E-state index contributed by atoms with van der Waals surface area (Å²) in [5.74, 6) is -0.569. The number of aliphatic hydroxyl groups is 1. The molecule has 0 saturated carbocycles. The monoisotopic (exact) mass is 995 g/mol. The van der Waals surface area contributed by atoms with Gasteiger partial charge in [-0.25, -0.2) is 0 Å². The first-order chi connectivity index (χ1) is 35.1. The molecule has 0 amide bonds. The average molecular weight is 996 g/mol. The molecule has 0 saturated heterocycles. The SMILES string of the molecule is CC/C=C\C/C=C\C/C=C\C/C=C\CCCCCCCCCCCCCCCCCCCCC(=O)OC(CO)COC(=O)CCCCCCCCCCCCCCCCCCCCCCCCCCCC. The molecule has 1 unspecified atom stereocenters.